The van der Waals surface area contributed by atoms with E-state index in [2.05, 4.69) is 5.32 Å². The maximum atomic E-state index is 9.36. The second-order valence-corrected chi connectivity index (χ2v) is 3.33. The molecule has 2 fully saturated rings. The molecule has 1 aliphatic heterocycles. The lowest BCUT2D eigenvalue weighted by Gasteiger charge is -2.46. The molecule has 0 radical (unpaired) electrons. The molecule has 2 rings (SSSR count). The van der Waals surface area contributed by atoms with E-state index in [1.165, 1.54) is 0 Å². The van der Waals surface area contributed by atoms with Crippen molar-refractivity contribution < 1.29 is 10.2 Å². The second kappa shape index (κ2) is 2.19. The normalized spacial score (nSPS) is 53.4. The molecular formula is C7H13NO2. The van der Waals surface area contributed by atoms with Crippen molar-refractivity contribution in [3.63, 3.8) is 0 Å². The van der Waals surface area contributed by atoms with E-state index in [0.29, 0.717) is 5.92 Å². The highest BCUT2D eigenvalue weighted by atomic mass is 16.3. The molecule has 0 spiro atoms. The van der Waals surface area contributed by atoms with Crippen molar-refractivity contribution in [2.24, 2.45) is 5.92 Å². The Morgan fingerprint density at radius 1 is 1.20 bits per heavy atom. The third-order valence-corrected chi connectivity index (χ3v) is 2.72. The molecule has 1 aliphatic carbocycles. The van der Waals surface area contributed by atoms with Gasteiger partial charge in [-0.3, -0.25) is 0 Å². The van der Waals surface area contributed by atoms with Gasteiger partial charge in [0.2, 0.25) is 0 Å². The van der Waals surface area contributed by atoms with Gasteiger partial charge in [0.05, 0.1) is 12.2 Å². The van der Waals surface area contributed by atoms with E-state index >= 15 is 0 Å². The Bertz CT molecular complexity index is 134. The van der Waals surface area contributed by atoms with Gasteiger partial charge in [0.15, 0.2) is 0 Å². The summed E-state index contributed by atoms with van der Waals surface area (Å²) >= 11 is 0. The molecule has 1 saturated heterocycles. The van der Waals surface area contributed by atoms with Crippen molar-refractivity contribution in [3.8, 4) is 0 Å². The minimum absolute atomic E-state index is 0.184. The molecule has 3 N–H and O–H groups in total. The Morgan fingerprint density at radius 2 is 2.00 bits per heavy atom. The monoisotopic (exact) mass is 143 g/mol. The zero-order valence-corrected chi connectivity index (χ0v) is 5.83. The van der Waals surface area contributed by atoms with Crippen LogP contribution in [0.15, 0.2) is 0 Å². The Kier molecular flexibility index (Phi) is 1.44. The van der Waals surface area contributed by atoms with Crippen LogP contribution in [0.5, 0.6) is 0 Å². The Balaban J connectivity index is 2.01. The van der Waals surface area contributed by atoms with Crippen LogP contribution in [0.25, 0.3) is 0 Å². The number of aliphatic hydroxyl groups excluding tert-OH is 2. The Labute approximate surface area is 60.1 Å². The molecule has 1 heterocycles. The first-order valence-electron chi connectivity index (χ1n) is 3.88. The van der Waals surface area contributed by atoms with Crippen LogP contribution in [0.1, 0.15) is 12.8 Å². The number of fused-ring (bicyclic) bond motifs is 1. The molecular weight excluding hydrogens is 130 g/mol. The second-order valence-electron chi connectivity index (χ2n) is 3.33. The minimum Gasteiger partial charge on any atom is -0.390 e. The predicted octanol–water partition coefficient (Wildman–Crippen LogP) is -0.910. The maximum Gasteiger partial charge on any atom is 0.0954 e. The predicted molar refractivity (Wildman–Crippen MR) is 36.5 cm³/mol. The van der Waals surface area contributed by atoms with E-state index in [-0.39, 0.29) is 6.04 Å². The van der Waals surface area contributed by atoms with Crippen LogP contribution in [-0.2, 0) is 0 Å². The molecule has 3 heteroatoms. The van der Waals surface area contributed by atoms with Gasteiger partial charge in [-0.1, -0.05) is 0 Å². The topological polar surface area (TPSA) is 52.5 Å². The first-order valence-corrected chi connectivity index (χ1v) is 3.88. The summed E-state index contributed by atoms with van der Waals surface area (Å²) in [4.78, 5) is 0. The van der Waals surface area contributed by atoms with Crippen molar-refractivity contribution in [2.75, 3.05) is 6.54 Å². The molecule has 0 aromatic carbocycles. The summed E-state index contributed by atoms with van der Waals surface area (Å²) < 4.78 is 0. The first-order chi connectivity index (χ1) is 4.79. The van der Waals surface area contributed by atoms with Crippen LogP contribution in [0.3, 0.4) is 0 Å². The summed E-state index contributed by atoms with van der Waals surface area (Å²) in [5.74, 6) is 0.624. The number of hydrogen-bond donors (Lipinski definition) is 3. The van der Waals surface area contributed by atoms with E-state index in [1.54, 1.807) is 0 Å². The molecule has 0 amide bonds. The first kappa shape index (κ1) is 6.58. The third-order valence-electron chi connectivity index (χ3n) is 2.72. The molecule has 3 nitrogen and oxygen atoms in total. The fourth-order valence-electron chi connectivity index (χ4n) is 1.90. The standard InChI is InChI=1S/C7H13NO2/c9-5-2-1-4-3-8-6(4)7(5)10/h4-10H,1-3H2/t4-,5-,6+,7-/m1/s1. The zero-order chi connectivity index (χ0) is 7.14. The van der Waals surface area contributed by atoms with E-state index in [0.717, 1.165) is 19.4 Å². The van der Waals surface area contributed by atoms with E-state index < -0.39 is 12.2 Å². The summed E-state index contributed by atoms with van der Waals surface area (Å²) in [5.41, 5.74) is 0. The van der Waals surface area contributed by atoms with Crippen molar-refractivity contribution in [3.05, 3.63) is 0 Å². The molecule has 0 bridgehead atoms. The average molecular weight is 143 g/mol. The lowest BCUT2D eigenvalue weighted by molar-refractivity contribution is -0.0740. The highest BCUT2D eigenvalue weighted by Crippen LogP contribution is 2.30. The van der Waals surface area contributed by atoms with Crippen LogP contribution in [0.4, 0.5) is 0 Å². The van der Waals surface area contributed by atoms with Crippen LogP contribution in [0.2, 0.25) is 0 Å². The summed E-state index contributed by atoms with van der Waals surface area (Å²) in [7, 11) is 0. The van der Waals surface area contributed by atoms with Crippen LogP contribution in [0, 0.1) is 5.92 Å². The Morgan fingerprint density at radius 3 is 2.50 bits per heavy atom. The number of aliphatic hydroxyl groups is 2. The van der Waals surface area contributed by atoms with Crippen molar-refractivity contribution in [1.82, 2.24) is 5.32 Å². The lowest BCUT2D eigenvalue weighted by atomic mass is 9.76. The number of rotatable bonds is 0. The van der Waals surface area contributed by atoms with Gasteiger partial charge in [-0.25, -0.2) is 0 Å². The van der Waals surface area contributed by atoms with Gasteiger partial charge in [-0.2, -0.15) is 0 Å². The van der Waals surface area contributed by atoms with Gasteiger partial charge in [0, 0.05) is 6.04 Å². The summed E-state index contributed by atoms with van der Waals surface area (Å²) in [6.07, 6.45) is 0.821. The van der Waals surface area contributed by atoms with Crippen molar-refractivity contribution in [1.29, 1.82) is 0 Å². The molecule has 0 unspecified atom stereocenters. The molecule has 10 heavy (non-hydrogen) atoms. The summed E-state index contributed by atoms with van der Waals surface area (Å²) in [6, 6.07) is 0.184. The average Bonchev–Trinajstić information content (AvgIpc) is 1.82. The van der Waals surface area contributed by atoms with Crippen molar-refractivity contribution in [2.45, 2.75) is 31.1 Å². The fraction of sp³-hybridized carbons (Fsp3) is 1.00. The number of hydrogen-bond acceptors (Lipinski definition) is 3. The zero-order valence-electron chi connectivity index (χ0n) is 5.83. The van der Waals surface area contributed by atoms with Gasteiger partial charge in [0.25, 0.3) is 0 Å². The summed E-state index contributed by atoms with van der Waals surface area (Å²) in [5, 5.41) is 21.7. The van der Waals surface area contributed by atoms with Gasteiger partial charge in [0.1, 0.15) is 0 Å². The molecule has 58 valence electrons. The van der Waals surface area contributed by atoms with Crippen LogP contribution in [-0.4, -0.2) is 35.0 Å². The summed E-state index contributed by atoms with van der Waals surface area (Å²) in [6.45, 7) is 1.02. The quantitative estimate of drug-likeness (QED) is 0.411. The number of nitrogens with one attached hydrogen (secondary N) is 1. The SMILES string of the molecule is O[C@H]1[C@H]2NC[C@H]2CC[C@H]1O. The largest absolute Gasteiger partial charge is 0.390 e. The smallest absolute Gasteiger partial charge is 0.0954 e. The van der Waals surface area contributed by atoms with Gasteiger partial charge in [-0.05, 0) is 25.3 Å². The van der Waals surface area contributed by atoms with Crippen molar-refractivity contribution >= 4 is 0 Å². The van der Waals surface area contributed by atoms with Crippen LogP contribution < -0.4 is 5.32 Å². The van der Waals surface area contributed by atoms with E-state index in [9.17, 15) is 10.2 Å². The molecule has 2 aliphatic rings. The molecule has 1 saturated carbocycles. The highest BCUT2D eigenvalue weighted by Gasteiger charge is 2.42. The fourth-order valence-corrected chi connectivity index (χ4v) is 1.90. The minimum atomic E-state index is -0.521. The van der Waals surface area contributed by atoms with Gasteiger partial charge in [-0.15, -0.1) is 0 Å². The van der Waals surface area contributed by atoms with Crippen LogP contribution >= 0.6 is 0 Å². The van der Waals surface area contributed by atoms with Gasteiger partial charge >= 0.3 is 0 Å². The van der Waals surface area contributed by atoms with E-state index in [1.807, 2.05) is 0 Å². The lowest BCUT2D eigenvalue weighted by Crippen LogP contribution is -2.64. The molecule has 0 aromatic rings. The Hall–Kier alpha value is -0.120. The molecule has 4 atom stereocenters. The van der Waals surface area contributed by atoms with Gasteiger partial charge < -0.3 is 15.5 Å². The maximum absolute atomic E-state index is 9.36. The van der Waals surface area contributed by atoms with E-state index in [4.69, 9.17) is 0 Å². The highest BCUT2D eigenvalue weighted by molar-refractivity contribution is 4.99. The molecule has 0 aromatic heterocycles. The third kappa shape index (κ3) is 0.779.